The minimum absolute atomic E-state index is 0.0724. The summed E-state index contributed by atoms with van der Waals surface area (Å²) in [7, 11) is -3.60. The minimum Gasteiger partial charge on any atom is -0.337 e. The number of hydrogen-bond acceptors (Lipinski definition) is 5. The van der Waals surface area contributed by atoms with E-state index in [4.69, 9.17) is 0 Å². The molecule has 4 rings (SSSR count). The minimum atomic E-state index is -3.60. The Hall–Kier alpha value is -3.04. The summed E-state index contributed by atoms with van der Waals surface area (Å²) in [5, 5.41) is 11.1. The van der Waals surface area contributed by atoms with E-state index in [1.165, 1.54) is 28.1 Å². The van der Waals surface area contributed by atoms with Crippen LogP contribution >= 0.6 is 0 Å². The highest BCUT2D eigenvalue weighted by Gasteiger charge is 2.30. The smallest absolute Gasteiger partial charge is 0.276 e. The molecule has 0 bridgehead atoms. The van der Waals surface area contributed by atoms with Gasteiger partial charge in [0.25, 0.3) is 5.69 Å². The van der Waals surface area contributed by atoms with Gasteiger partial charge in [-0.1, -0.05) is 18.2 Å². The molecule has 0 unspecified atom stereocenters. The quantitative estimate of drug-likeness (QED) is 0.403. The molecule has 1 aliphatic carbocycles. The fourth-order valence-corrected chi connectivity index (χ4v) is 5.54. The molecule has 1 amide bonds. The van der Waals surface area contributed by atoms with Gasteiger partial charge in [0.2, 0.25) is 15.9 Å². The van der Waals surface area contributed by atoms with Gasteiger partial charge >= 0.3 is 0 Å². The molecular weight excluding hydrogens is 418 g/mol. The van der Waals surface area contributed by atoms with Gasteiger partial charge in [0, 0.05) is 38.3 Å². The van der Waals surface area contributed by atoms with Crippen molar-refractivity contribution in [3.63, 3.8) is 0 Å². The van der Waals surface area contributed by atoms with Crippen molar-refractivity contribution >= 4 is 27.7 Å². The number of nitro benzene ring substituents is 1. The van der Waals surface area contributed by atoms with Gasteiger partial charge in [-0.15, -0.1) is 0 Å². The third-order valence-electron chi connectivity index (χ3n) is 5.80. The van der Waals surface area contributed by atoms with Crippen LogP contribution in [0.4, 0.5) is 5.69 Å². The second kappa shape index (κ2) is 8.60. The lowest BCUT2D eigenvalue weighted by Crippen LogP contribution is -2.50. The number of aryl methyl sites for hydroxylation is 2. The van der Waals surface area contributed by atoms with Crippen molar-refractivity contribution in [1.29, 1.82) is 0 Å². The molecule has 8 nitrogen and oxygen atoms in total. The van der Waals surface area contributed by atoms with Gasteiger partial charge in [0.05, 0.1) is 15.4 Å². The summed E-state index contributed by atoms with van der Waals surface area (Å²) >= 11 is 0. The summed E-state index contributed by atoms with van der Waals surface area (Å²) < 4.78 is 27.5. The molecular formula is C22H23N3O5S. The average molecular weight is 442 g/mol. The average Bonchev–Trinajstić information content (AvgIpc) is 3.25. The van der Waals surface area contributed by atoms with Crippen molar-refractivity contribution in [2.45, 2.75) is 24.2 Å². The number of carbonyl (C=O) groups excluding carboxylic acids is 1. The van der Waals surface area contributed by atoms with E-state index in [2.05, 4.69) is 0 Å². The van der Waals surface area contributed by atoms with E-state index < -0.39 is 14.9 Å². The Morgan fingerprint density at radius 3 is 2.45 bits per heavy atom. The number of hydrogen-bond donors (Lipinski definition) is 0. The van der Waals surface area contributed by atoms with Gasteiger partial charge < -0.3 is 4.90 Å². The van der Waals surface area contributed by atoms with Gasteiger partial charge in [-0.3, -0.25) is 14.9 Å². The van der Waals surface area contributed by atoms with Crippen LogP contribution in [0.15, 0.2) is 53.4 Å². The highest BCUT2D eigenvalue weighted by molar-refractivity contribution is 7.89. The molecule has 0 N–H and O–H groups in total. The lowest BCUT2D eigenvalue weighted by Gasteiger charge is -2.33. The monoisotopic (exact) mass is 441 g/mol. The van der Waals surface area contributed by atoms with Crippen LogP contribution in [0, 0.1) is 10.1 Å². The van der Waals surface area contributed by atoms with E-state index in [-0.39, 0.29) is 37.8 Å². The second-order valence-electron chi connectivity index (χ2n) is 7.66. The van der Waals surface area contributed by atoms with Gasteiger partial charge in [0.15, 0.2) is 0 Å². The van der Waals surface area contributed by atoms with Crippen molar-refractivity contribution in [2.24, 2.45) is 0 Å². The fraction of sp³-hybridized carbons (Fsp3) is 0.318. The van der Waals surface area contributed by atoms with Crippen LogP contribution in [-0.2, 0) is 27.7 Å². The maximum Gasteiger partial charge on any atom is 0.276 e. The number of benzene rings is 2. The molecule has 0 spiro atoms. The number of amides is 1. The van der Waals surface area contributed by atoms with Crippen molar-refractivity contribution in [1.82, 2.24) is 9.21 Å². The van der Waals surface area contributed by atoms with Gasteiger partial charge in [0.1, 0.15) is 0 Å². The molecule has 1 aliphatic heterocycles. The molecule has 9 heteroatoms. The molecule has 1 fully saturated rings. The van der Waals surface area contributed by atoms with Crippen molar-refractivity contribution in [3.8, 4) is 0 Å². The third-order valence-corrected chi connectivity index (χ3v) is 7.69. The van der Waals surface area contributed by atoms with Crippen molar-refractivity contribution in [2.75, 3.05) is 26.2 Å². The van der Waals surface area contributed by atoms with Crippen LogP contribution in [0.2, 0.25) is 0 Å². The fourth-order valence-electron chi connectivity index (χ4n) is 4.07. The number of nitrogens with zero attached hydrogens (tertiary/aromatic N) is 3. The maximum atomic E-state index is 13.0. The standard InChI is InChI=1S/C22H23N3O5S/c26-22(11-9-18-4-1-2-7-21(18)25(27)28)23-12-14-24(15-13-23)31(29,30)20-10-8-17-5-3-6-19(17)16-20/h1-2,4,7-11,16H,3,5-6,12-15H2/b11-9+. The van der Waals surface area contributed by atoms with Gasteiger partial charge in [-0.25, -0.2) is 8.42 Å². The Bertz CT molecular complexity index is 1150. The Balaban J connectivity index is 1.40. The zero-order chi connectivity index (χ0) is 22.0. The van der Waals surface area contributed by atoms with Crippen LogP contribution in [0.1, 0.15) is 23.1 Å². The molecule has 2 aliphatic rings. The molecule has 0 saturated carbocycles. The summed E-state index contributed by atoms with van der Waals surface area (Å²) in [5.74, 6) is -0.298. The topological polar surface area (TPSA) is 101 Å². The van der Waals surface area contributed by atoms with E-state index in [0.717, 1.165) is 24.8 Å². The van der Waals surface area contributed by atoms with Gasteiger partial charge in [-0.05, 0) is 54.7 Å². The Morgan fingerprint density at radius 2 is 1.71 bits per heavy atom. The van der Waals surface area contributed by atoms with Crippen LogP contribution in [0.3, 0.4) is 0 Å². The number of piperazine rings is 1. The predicted octanol–water partition coefficient (Wildman–Crippen LogP) is 2.63. The Labute approximate surface area is 181 Å². The molecule has 2 aromatic carbocycles. The highest BCUT2D eigenvalue weighted by Crippen LogP contribution is 2.27. The normalized spacial score (nSPS) is 17.1. The van der Waals surface area contributed by atoms with Crippen molar-refractivity contribution < 1.29 is 18.1 Å². The van der Waals surface area contributed by atoms with Crippen LogP contribution in [-0.4, -0.2) is 54.6 Å². The zero-order valence-electron chi connectivity index (χ0n) is 16.9. The summed E-state index contributed by atoms with van der Waals surface area (Å²) in [6.07, 6.45) is 5.68. The first kappa shape index (κ1) is 21.2. The summed E-state index contributed by atoms with van der Waals surface area (Å²) in [4.78, 5) is 25.0. The number of sulfonamides is 1. The molecule has 0 aromatic heterocycles. The van der Waals surface area contributed by atoms with Crippen LogP contribution < -0.4 is 0 Å². The lowest BCUT2D eigenvalue weighted by atomic mass is 10.1. The second-order valence-corrected chi connectivity index (χ2v) is 9.60. The highest BCUT2D eigenvalue weighted by atomic mass is 32.2. The summed E-state index contributed by atoms with van der Waals surface area (Å²) in [5.41, 5.74) is 2.60. The Kier molecular flexibility index (Phi) is 5.88. The first-order valence-corrected chi connectivity index (χ1v) is 11.6. The van der Waals surface area contributed by atoms with E-state index in [1.54, 1.807) is 35.2 Å². The summed E-state index contributed by atoms with van der Waals surface area (Å²) in [6, 6.07) is 11.5. The maximum absolute atomic E-state index is 13.0. The molecule has 0 radical (unpaired) electrons. The van der Waals surface area contributed by atoms with E-state index in [1.807, 2.05) is 6.07 Å². The molecule has 0 atom stereocenters. The molecule has 2 aromatic rings. The first-order valence-electron chi connectivity index (χ1n) is 10.2. The third kappa shape index (κ3) is 4.38. The summed E-state index contributed by atoms with van der Waals surface area (Å²) in [6.45, 7) is 0.962. The van der Waals surface area contributed by atoms with Crippen LogP contribution in [0.25, 0.3) is 6.08 Å². The Morgan fingerprint density at radius 1 is 1.00 bits per heavy atom. The number of carbonyl (C=O) groups is 1. The molecule has 1 saturated heterocycles. The number of rotatable bonds is 5. The number of nitro groups is 1. The predicted molar refractivity (Wildman–Crippen MR) is 116 cm³/mol. The SMILES string of the molecule is O=C(/C=C/c1ccccc1[N+](=O)[O-])N1CCN(S(=O)(=O)c2ccc3c(c2)CCC3)CC1. The molecule has 1 heterocycles. The largest absolute Gasteiger partial charge is 0.337 e. The van der Waals surface area contributed by atoms with Gasteiger partial charge in [-0.2, -0.15) is 4.31 Å². The van der Waals surface area contributed by atoms with Crippen molar-refractivity contribution in [3.05, 3.63) is 75.3 Å². The first-order chi connectivity index (χ1) is 14.9. The van der Waals surface area contributed by atoms with E-state index in [9.17, 15) is 23.3 Å². The molecule has 31 heavy (non-hydrogen) atoms. The number of para-hydroxylation sites is 1. The molecule has 162 valence electrons. The zero-order valence-corrected chi connectivity index (χ0v) is 17.8. The van der Waals surface area contributed by atoms with E-state index in [0.29, 0.717) is 10.5 Å². The van der Waals surface area contributed by atoms with Crippen LogP contribution in [0.5, 0.6) is 0 Å². The lowest BCUT2D eigenvalue weighted by molar-refractivity contribution is -0.385. The number of fused-ring (bicyclic) bond motifs is 1. The van der Waals surface area contributed by atoms with E-state index >= 15 is 0 Å².